The Labute approximate surface area is 254 Å². The van der Waals surface area contributed by atoms with Gasteiger partial charge in [-0.3, -0.25) is 9.69 Å². The van der Waals surface area contributed by atoms with E-state index in [4.69, 9.17) is 25.9 Å². The minimum absolute atomic E-state index is 0.0128. The van der Waals surface area contributed by atoms with Crippen LogP contribution in [0.15, 0.2) is 57.8 Å². The van der Waals surface area contributed by atoms with Crippen LogP contribution in [-0.4, -0.2) is 77.1 Å². The summed E-state index contributed by atoms with van der Waals surface area (Å²) in [5, 5.41) is 7.84. The molecule has 1 amide bonds. The van der Waals surface area contributed by atoms with E-state index in [0.717, 1.165) is 56.7 Å². The fourth-order valence-corrected chi connectivity index (χ4v) is 5.44. The number of carbonyl (C=O) groups is 1. The zero-order valence-corrected chi connectivity index (χ0v) is 26.2. The Hall–Kier alpha value is -3.27. The van der Waals surface area contributed by atoms with Crippen molar-refractivity contribution in [3.63, 3.8) is 0 Å². The standard InChI is InChI=1S/C28H33ClN6O3.C4H10/c1-5-19-14-24(23-7-6-20(15-25(23)29)26-32-18(3)38-33-26)28(36)35(22-8-11-34(4)16-22)27(19)31-17(2)30-21-9-12-37-13-10-21;1-3-4-2/h5-7,14-15,21-22,30H,2,8-13,16H2,1,3-4H3;3-4H2,1-2H3/b19-5-,31-27+;. The van der Waals surface area contributed by atoms with Gasteiger partial charge in [-0.25, -0.2) is 4.99 Å². The Morgan fingerprint density at radius 3 is 2.55 bits per heavy atom. The van der Waals surface area contributed by atoms with Gasteiger partial charge >= 0.3 is 0 Å². The van der Waals surface area contributed by atoms with Crippen LogP contribution in [0.4, 0.5) is 0 Å². The molecule has 1 aromatic heterocycles. The highest BCUT2D eigenvalue weighted by Crippen LogP contribution is 2.35. The molecular weight excluding hydrogens is 552 g/mol. The fraction of sp³-hybridized carbons (Fsp3) is 0.500. The van der Waals surface area contributed by atoms with Gasteiger partial charge in [-0.2, -0.15) is 4.98 Å². The monoisotopic (exact) mass is 594 g/mol. The second-order valence-electron chi connectivity index (χ2n) is 10.9. The number of rotatable bonds is 7. The van der Waals surface area contributed by atoms with Crippen molar-refractivity contribution < 1.29 is 14.1 Å². The van der Waals surface area contributed by atoms with Crippen LogP contribution < -0.4 is 5.32 Å². The number of halogens is 1. The van der Waals surface area contributed by atoms with E-state index in [2.05, 4.69) is 47.8 Å². The van der Waals surface area contributed by atoms with Gasteiger partial charge in [-0.05, 0) is 51.9 Å². The van der Waals surface area contributed by atoms with Crippen molar-refractivity contribution in [2.24, 2.45) is 4.99 Å². The number of nitrogens with zero attached hydrogens (tertiary/aromatic N) is 5. The van der Waals surface area contributed by atoms with Crippen LogP contribution in [0.2, 0.25) is 5.02 Å². The zero-order valence-electron chi connectivity index (χ0n) is 25.5. The van der Waals surface area contributed by atoms with Gasteiger partial charge < -0.3 is 19.5 Å². The average molecular weight is 595 g/mol. The molecule has 0 aliphatic carbocycles. The third-order valence-corrected chi connectivity index (χ3v) is 7.97. The number of unbranched alkanes of at least 4 members (excludes halogenated alkanes) is 1. The van der Waals surface area contributed by atoms with Gasteiger partial charge in [-0.1, -0.05) is 68.2 Å². The van der Waals surface area contributed by atoms with E-state index in [1.807, 2.05) is 36.1 Å². The van der Waals surface area contributed by atoms with Gasteiger partial charge in [0.15, 0.2) is 0 Å². The number of hydrogen-bond acceptors (Lipinski definition) is 8. The quantitative estimate of drug-likeness (QED) is 0.419. The second kappa shape index (κ2) is 14.8. The van der Waals surface area contributed by atoms with Gasteiger partial charge in [-0.15, -0.1) is 0 Å². The summed E-state index contributed by atoms with van der Waals surface area (Å²) < 4.78 is 10.6. The first-order valence-electron chi connectivity index (χ1n) is 14.9. The van der Waals surface area contributed by atoms with Gasteiger partial charge in [0.1, 0.15) is 11.7 Å². The molecule has 3 aliphatic heterocycles. The van der Waals surface area contributed by atoms with Gasteiger partial charge in [0.2, 0.25) is 11.7 Å². The number of hydrogen-bond donors (Lipinski definition) is 1. The van der Waals surface area contributed by atoms with Crippen molar-refractivity contribution in [2.75, 3.05) is 33.4 Å². The van der Waals surface area contributed by atoms with Gasteiger partial charge in [0.05, 0.1) is 6.04 Å². The molecule has 5 rings (SSSR count). The molecule has 2 fully saturated rings. The van der Waals surface area contributed by atoms with Crippen molar-refractivity contribution in [1.29, 1.82) is 0 Å². The van der Waals surface area contributed by atoms with Gasteiger partial charge in [0, 0.05) is 60.0 Å². The number of amides is 1. The van der Waals surface area contributed by atoms with E-state index in [0.29, 0.717) is 39.5 Å². The van der Waals surface area contributed by atoms with Gasteiger partial charge in [0.25, 0.3) is 5.91 Å². The molecule has 10 heteroatoms. The predicted molar refractivity (Wildman–Crippen MR) is 168 cm³/mol. The number of aryl methyl sites for hydroxylation is 1. The Morgan fingerprint density at radius 1 is 1.24 bits per heavy atom. The molecule has 2 aromatic rings. The first kappa shape index (κ1) is 31.7. The number of aliphatic imine (C=N–C) groups is 1. The van der Waals surface area contributed by atoms with Crippen molar-refractivity contribution >= 4 is 28.9 Å². The molecule has 2 saturated heterocycles. The molecule has 9 nitrogen and oxygen atoms in total. The Morgan fingerprint density at radius 2 is 1.98 bits per heavy atom. The number of nitrogens with one attached hydrogen (secondary N) is 1. The van der Waals surface area contributed by atoms with E-state index in [1.165, 1.54) is 12.8 Å². The molecular formula is C32H43ClN6O3. The third kappa shape index (κ3) is 7.56. The van der Waals surface area contributed by atoms with Crippen molar-refractivity contribution in [1.82, 2.24) is 25.3 Å². The van der Waals surface area contributed by atoms with Crippen molar-refractivity contribution in [3.05, 3.63) is 64.8 Å². The largest absolute Gasteiger partial charge is 0.381 e. The first-order chi connectivity index (χ1) is 20.2. The van der Waals surface area contributed by atoms with Crippen LogP contribution in [0, 0.1) is 6.92 Å². The fourth-order valence-electron chi connectivity index (χ4n) is 5.16. The normalized spacial score (nSPS) is 21.9. The molecule has 1 unspecified atom stereocenters. The molecule has 1 aromatic carbocycles. The minimum Gasteiger partial charge on any atom is -0.381 e. The van der Waals surface area contributed by atoms with Crippen LogP contribution in [-0.2, 0) is 9.53 Å². The van der Waals surface area contributed by atoms with Crippen LogP contribution in [0.5, 0.6) is 0 Å². The summed E-state index contributed by atoms with van der Waals surface area (Å²) >= 11 is 6.75. The number of allylic oxidation sites excluding steroid dienone is 1. The molecule has 0 radical (unpaired) electrons. The molecule has 0 bridgehead atoms. The molecule has 226 valence electrons. The lowest BCUT2D eigenvalue weighted by molar-refractivity contribution is -0.123. The maximum Gasteiger partial charge on any atom is 0.260 e. The lowest BCUT2D eigenvalue weighted by Crippen LogP contribution is -2.49. The Kier molecular flexibility index (Phi) is 11.1. The molecule has 1 N–H and O–H groups in total. The topological polar surface area (TPSA) is 96.1 Å². The Balaban J connectivity index is 0.000000952. The van der Waals surface area contributed by atoms with Crippen LogP contribution in [0.3, 0.4) is 0 Å². The SMILES string of the molecule is C=C(/N=C1\C(=C/C)C=C(c2ccc(-c3noc(C)n3)cc2Cl)C(=O)N1C1CCN(C)C1)NC1CCOCC1.CCCC. The van der Waals surface area contributed by atoms with Crippen LogP contribution in [0.1, 0.15) is 64.3 Å². The summed E-state index contributed by atoms with van der Waals surface area (Å²) in [6, 6.07) is 5.70. The zero-order chi connectivity index (χ0) is 30.2. The molecule has 3 aliphatic rings. The van der Waals surface area contributed by atoms with Crippen molar-refractivity contribution in [3.8, 4) is 11.4 Å². The smallest absolute Gasteiger partial charge is 0.260 e. The number of carbonyl (C=O) groups excluding carboxylic acids is 1. The van der Waals surface area contributed by atoms with E-state index in [-0.39, 0.29) is 18.0 Å². The maximum atomic E-state index is 14.1. The summed E-state index contributed by atoms with van der Waals surface area (Å²) in [6.45, 7) is 15.3. The molecule has 0 spiro atoms. The number of amidine groups is 1. The summed E-state index contributed by atoms with van der Waals surface area (Å²) in [4.78, 5) is 27.4. The average Bonchev–Trinajstić information content (AvgIpc) is 3.62. The van der Waals surface area contributed by atoms with Crippen LogP contribution in [0.25, 0.3) is 17.0 Å². The number of likely N-dealkylation sites (N-methyl/N-ethyl adjacent to an activating group) is 1. The van der Waals surface area contributed by atoms with E-state index in [1.54, 1.807) is 13.0 Å². The number of likely N-dealkylation sites (tertiary alicyclic amines) is 1. The second-order valence-corrected chi connectivity index (χ2v) is 11.3. The van der Waals surface area contributed by atoms with E-state index < -0.39 is 0 Å². The summed E-state index contributed by atoms with van der Waals surface area (Å²) in [5.74, 6) is 1.96. The molecule has 4 heterocycles. The molecule has 1 atom stereocenters. The number of ether oxygens (including phenoxy) is 1. The number of aromatic nitrogens is 2. The third-order valence-electron chi connectivity index (χ3n) is 7.66. The highest BCUT2D eigenvalue weighted by Gasteiger charge is 2.38. The minimum atomic E-state index is -0.126. The maximum absolute atomic E-state index is 14.1. The lowest BCUT2D eigenvalue weighted by Gasteiger charge is -2.35. The summed E-state index contributed by atoms with van der Waals surface area (Å²) in [6.07, 6.45) is 9.15. The van der Waals surface area contributed by atoms with E-state index in [9.17, 15) is 4.79 Å². The molecule has 42 heavy (non-hydrogen) atoms. The number of benzene rings is 1. The molecule has 0 saturated carbocycles. The first-order valence-corrected chi connectivity index (χ1v) is 15.3. The summed E-state index contributed by atoms with van der Waals surface area (Å²) in [5.41, 5.74) is 2.74. The van der Waals surface area contributed by atoms with Crippen molar-refractivity contribution in [2.45, 2.75) is 71.9 Å². The summed E-state index contributed by atoms with van der Waals surface area (Å²) in [7, 11) is 2.07. The highest BCUT2D eigenvalue weighted by atomic mass is 35.5. The van der Waals surface area contributed by atoms with Crippen LogP contribution >= 0.6 is 11.6 Å². The Bertz CT molecular complexity index is 1360. The lowest BCUT2D eigenvalue weighted by atomic mass is 9.94. The van der Waals surface area contributed by atoms with E-state index >= 15 is 0 Å². The predicted octanol–water partition coefficient (Wildman–Crippen LogP) is 6.02. The highest BCUT2D eigenvalue weighted by molar-refractivity contribution is 6.37.